The number of likely N-dealkylation sites (tertiary alicyclic amines) is 1. The highest BCUT2D eigenvalue weighted by Crippen LogP contribution is 2.35. The number of para-hydroxylation sites is 1. The van der Waals surface area contributed by atoms with E-state index in [1.807, 2.05) is 17.4 Å². The molecular formula is C18H25Cl2N3OS. The zero-order chi connectivity index (χ0) is 15.8. The number of halogens is 2. The molecule has 1 aromatic carbocycles. The molecule has 2 aliphatic rings. The van der Waals surface area contributed by atoms with E-state index in [1.54, 1.807) is 0 Å². The highest BCUT2D eigenvalue weighted by molar-refractivity contribution is 7.18. The highest BCUT2D eigenvalue weighted by Gasteiger charge is 2.33. The lowest BCUT2D eigenvalue weighted by Crippen LogP contribution is -2.41. The van der Waals surface area contributed by atoms with Crippen molar-refractivity contribution in [3.8, 4) is 0 Å². The maximum atomic E-state index is 12.6. The van der Waals surface area contributed by atoms with E-state index in [4.69, 9.17) is 10.7 Å². The molecule has 25 heavy (non-hydrogen) atoms. The SMILES string of the molecule is Cl.Cl.NC1CCC(C(=O)N2CCC(c3nc4ccccc4s3)CC2)C1. The Morgan fingerprint density at radius 3 is 2.48 bits per heavy atom. The minimum absolute atomic E-state index is 0. The van der Waals surface area contributed by atoms with Crippen LogP contribution in [0.15, 0.2) is 24.3 Å². The molecule has 4 nitrogen and oxygen atoms in total. The van der Waals surface area contributed by atoms with Crippen LogP contribution in [0.2, 0.25) is 0 Å². The number of nitrogens with zero attached hydrogens (tertiary/aromatic N) is 2. The van der Waals surface area contributed by atoms with E-state index in [-0.39, 0.29) is 36.8 Å². The fraction of sp³-hybridized carbons (Fsp3) is 0.556. The summed E-state index contributed by atoms with van der Waals surface area (Å²) in [6.07, 6.45) is 4.90. The van der Waals surface area contributed by atoms with Crippen molar-refractivity contribution in [3.63, 3.8) is 0 Å². The molecule has 7 heteroatoms. The molecule has 4 rings (SSSR count). The van der Waals surface area contributed by atoms with E-state index in [9.17, 15) is 4.79 Å². The van der Waals surface area contributed by atoms with Gasteiger partial charge in [0.1, 0.15) is 0 Å². The van der Waals surface area contributed by atoms with Gasteiger partial charge in [0, 0.05) is 31.0 Å². The summed E-state index contributed by atoms with van der Waals surface area (Å²) in [7, 11) is 0. The van der Waals surface area contributed by atoms with E-state index < -0.39 is 0 Å². The van der Waals surface area contributed by atoms with E-state index in [0.29, 0.717) is 11.8 Å². The number of thiazole rings is 1. The fourth-order valence-electron chi connectivity index (χ4n) is 3.91. The Morgan fingerprint density at radius 2 is 1.84 bits per heavy atom. The first-order valence-corrected chi connectivity index (χ1v) is 9.42. The summed E-state index contributed by atoms with van der Waals surface area (Å²) in [6, 6.07) is 8.55. The van der Waals surface area contributed by atoms with Crippen LogP contribution in [-0.2, 0) is 4.79 Å². The minimum atomic E-state index is 0. The summed E-state index contributed by atoms with van der Waals surface area (Å²) in [5.74, 6) is 1.01. The third kappa shape index (κ3) is 4.27. The molecule has 0 spiro atoms. The van der Waals surface area contributed by atoms with Crippen LogP contribution >= 0.6 is 36.2 Å². The Morgan fingerprint density at radius 1 is 1.12 bits per heavy atom. The number of nitrogens with two attached hydrogens (primary N) is 1. The topological polar surface area (TPSA) is 59.2 Å². The van der Waals surface area contributed by atoms with Gasteiger partial charge >= 0.3 is 0 Å². The van der Waals surface area contributed by atoms with Crippen molar-refractivity contribution in [2.45, 2.75) is 44.1 Å². The summed E-state index contributed by atoms with van der Waals surface area (Å²) in [4.78, 5) is 19.4. The number of carbonyl (C=O) groups excluding carboxylic acids is 1. The molecule has 2 N–H and O–H groups in total. The van der Waals surface area contributed by atoms with Gasteiger partial charge in [0.2, 0.25) is 5.91 Å². The fourth-order valence-corrected chi connectivity index (χ4v) is 5.05. The van der Waals surface area contributed by atoms with Gasteiger partial charge in [0.15, 0.2) is 0 Å². The molecule has 2 unspecified atom stereocenters. The first kappa shape index (κ1) is 20.4. The summed E-state index contributed by atoms with van der Waals surface area (Å²) >= 11 is 1.81. The van der Waals surface area contributed by atoms with Gasteiger partial charge in [-0.25, -0.2) is 4.98 Å². The molecule has 2 aromatic rings. The number of hydrogen-bond donors (Lipinski definition) is 1. The zero-order valence-corrected chi connectivity index (χ0v) is 16.5. The lowest BCUT2D eigenvalue weighted by molar-refractivity contribution is -0.136. The summed E-state index contributed by atoms with van der Waals surface area (Å²) in [5, 5.41) is 1.24. The van der Waals surface area contributed by atoms with Crippen LogP contribution in [0.4, 0.5) is 0 Å². The average molecular weight is 402 g/mol. The van der Waals surface area contributed by atoms with Crippen LogP contribution in [0.1, 0.15) is 43.0 Å². The molecule has 1 aliphatic carbocycles. The number of fused-ring (bicyclic) bond motifs is 1. The standard InChI is InChI=1S/C18H23N3OS.2ClH/c19-14-6-5-13(11-14)18(22)21-9-7-12(8-10-21)17-20-15-3-1-2-4-16(15)23-17;;/h1-4,12-14H,5-11,19H2;2*1H. The van der Waals surface area contributed by atoms with Crippen molar-refractivity contribution in [2.24, 2.45) is 11.7 Å². The van der Waals surface area contributed by atoms with Crippen molar-refractivity contribution in [2.75, 3.05) is 13.1 Å². The first-order valence-electron chi connectivity index (χ1n) is 8.60. The molecular weight excluding hydrogens is 377 g/mol. The van der Waals surface area contributed by atoms with E-state index in [2.05, 4.69) is 23.1 Å². The first-order chi connectivity index (χ1) is 11.2. The Bertz CT molecular complexity index is 682. The largest absolute Gasteiger partial charge is 0.342 e. The molecule has 0 bridgehead atoms. The average Bonchev–Trinajstić information content (AvgIpc) is 3.20. The van der Waals surface area contributed by atoms with Gasteiger partial charge in [-0.15, -0.1) is 36.2 Å². The monoisotopic (exact) mass is 401 g/mol. The maximum Gasteiger partial charge on any atom is 0.225 e. The van der Waals surface area contributed by atoms with Gasteiger partial charge in [0.25, 0.3) is 0 Å². The summed E-state index contributed by atoms with van der Waals surface area (Å²) in [5.41, 5.74) is 7.05. The van der Waals surface area contributed by atoms with Crippen LogP contribution in [-0.4, -0.2) is 34.9 Å². The predicted molar refractivity (Wildman–Crippen MR) is 108 cm³/mol. The summed E-state index contributed by atoms with van der Waals surface area (Å²) < 4.78 is 1.26. The number of benzene rings is 1. The number of rotatable bonds is 2. The normalized spacial score (nSPS) is 24.0. The molecule has 138 valence electrons. The van der Waals surface area contributed by atoms with Crippen LogP contribution in [0.25, 0.3) is 10.2 Å². The van der Waals surface area contributed by atoms with Crippen molar-refractivity contribution in [1.82, 2.24) is 9.88 Å². The molecule has 0 radical (unpaired) electrons. The Kier molecular flexibility index (Phi) is 7.09. The number of aromatic nitrogens is 1. The third-order valence-electron chi connectivity index (χ3n) is 5.29. The molecule has 2 heterocycles. The maximum absolute atomic E-state index is 12.6. The zero-order valence-electron chi connectivity index (χ0n) is 14.1. The number of carbonyl (C=O) groups is 1. The van der Waals surface area contributed by atoms with Gasteiger partial charge in [0.05, 0.1) is 15.2 Å². The second-order valence-corrected chi connectivity index (χ2v) is 7.95. The molecule has 2 fully saturated rings. The van der Waals surface area contributed by atoms with Crippen LogP contribution < -0.4 is 5.73 Å². The highest BCUT2D eigenvalue weighted by atomic mass is 35.5. The molecule has 1 aliphatic heterocycles. The van der Waals surface area contributed by atoms with Crippen molar-refractivity contribution < 1.29 is 4.79 Å². The Labute approximate surface area is 165 Å². The predicted octanol–water partition coefficient (Wildman–Crippen LogP) is 3.97. The van der Waals surface area contributed by atoms with Crippen LogP contribution in [0, 0.1) is 5.92 Å². The Hall–Kier alpha value is -0.880. The summed E-state index contributed by atoms with van der Waals surface area (Å²) in [6.45, 7) is 1.73. The third-order valence-corrected chi connectivity index (χ3v) is 6.49. The van der Waals surface area contributed by atoms with Gasteiger partial charge < -0.3 is 10.6 Å². The van der Waals surface area contributed by atoms with Crippen LogP contribution in [0.3, 0.4) is 0 Å². The lowest BCUT2D eigenvalue weighted by Gasteiger charge is -2.32. The second-order valence-electron chi connectivity index (χ2n) is 6.89. The van der Waals surface area contributed by atoms with Crippen molar-refractivity contribution in [3.05, 3.63) is 29.3 Å². The number of hydrogen-bond acceptors (Lipinski definition) is 4. The van der Waals surface area contributed by atoms with Crippen molar-refractivity contribution in [1.29, 1.82) is 0 Å². The Balaban J connectivity index is 0.00000113. The minimum Gasteiger partial charge on any atom is -0.342 e. The molecule has 1 saturated carbocycles. The van der Waals surface area contributed by atoms with Crippen LogP contribution in [0.5, 0.6) is 0 Å². The second kappa shape index (κ2) is 8.67. The van der Waals surface area contributed by atoms with Gasteiger partial charge in [-0.3, -0.25) is 4.79 Å². The van der Waals surface area contributed by atoms with Gasteiger partial charge in [-0.2, -0.15) is 0 Å². The molecule has 1 amide bonds. The number of amides is 1. The van der Waals surface area contributed by atoms with Gasteiger partial charge in [-0.1, -0.05) is 12.1 Å². The molecule has 2 atom stereocenters. The van der Waals surface area contributed by atoms with Gasteiger partial charge in [-0.05, 0) is 44.2 Å². The van der Waals surface area contributed by atoms with E-state index in [0.717, 1.165) is 50.7 Å². The van der Waals surface area contributed by atoms with E-state index in [1.165, 1.54) is 9.71 Å². The lowest BCUT2D eigenvalue weighted by atomic mass is 9.96. The number of piperidine rings is 1. The quantitative estimate of drug-likeness (QED) is 0.827. The van der Waals surface area contributed by atoms with Crippen molar-refractivity contribution >= 4 is 52.3 Å². The van der Waals surface area contributed by atoms with E-state index >= 15 is 0 Å². The molecule has 1 aromatic heterocycles. The smallest absolute Gasteiger partial charge is 0.225 e. The molecule has 1 saturated heterocycles.